The van der Waals surface area contributed by atoms with E-state index in [-0.39, 0.29) is 0 Å². The number of nitrogens with one attached hydrogen (secondary N) is 2. The maximum Gasteiger partial charge on any atom is 0.0181 e. The van der Waals surface area contributed by atoms with Crippen molar-refractivity contribution in [2.75, 3.05) is 13.1 Å². The Bertz CT molecular complexity index is 231. The molecule has 2 aliphatic rings. The van der Waals surface area contributed by atoms with Crippen molar-refractivity contribution >= 4 is 0 Å². The van der Waals surface area contributed by atoms with Gasteiger partial charge in [0.2, 0.25) is 0 Å². The van der Waals surface area contributed by atoms with Gasteiger partial charge >= 0.3 is 0 Å². The van der Waals surface area contributed by atoms with Gasteiger partial charge in [-0.25, -0.2) is 0 Å². The SMILES string of the molecule is CC1NCCC1CNC1C(C)(C)C1(C)C. The molecule has 0 spiro atoms. The van der Waals surface area contributed by atoms with Crippen molar-refractivity contribution in [2.45, 2.75) is 53.1 Å². The van der Waals surface area contributed by atoms with Crippen LogP contribution >= 0.6 is 0 Å². The minimum Gasteiger partial charge on any atom is -0.314 e. The van der Waals surface area contributed by atoms with Crippen molar-refractivity contribution in [3.8, 4) is 0 Å². The maximum atomic E-state index is 3.77. The molecule has 2 fully saturated rings. The van der Waals surface area contributed by atoms with Crippen molar-refractivity contribution in [3.05, 3.63) is 0 Å². The monoisotopic (exact) mass is 210 g/mol. The van der Waals surface area contributed by atoms with E-state index < -0.39 is 0 Å². The fraction of sp³-hybridized carbons (Fsp3) is 1.00. The summed E-state index contributed by atoms with van der Waals surface area (Å²) in [6, 6.07) is 1.40. The molecule has 2 atom stereocenters. The molecule has 0 bridgehead atoms. The van der Waals surface area contributed by atoms with Crippen LogP contribution in [-0.4, -0.2) is 25.2 Å². The van der Waals surface area contributed by atoms with Gasteiger partial charge in [0, 0.05) is 12.1 Å². The van der Waals surface area contributed by atoms with Crippen molar-refractivity contribution in [3.63, 3.8) is 0 Å². The van der Waals surface area contributed by atoms with Crippen LogP contribution < -0.4 is 10.6 Å². The normalized spacial score (nSPS) is 38.2. The Hall–Kier alpha value is -0.0800. The van der Waals surface area contributed by atoms with Gasteiger partial charge in [0.25, 0.3) is 0 Å². The molecule has 1 aliphatic carbocycles. The van der Waals surface area contributed by atoms with Gasteiger partial charge in [-0.05, 0) is 43.2 Å². The van der Waals surface area contributed by atoms with Crippen LogP contribution in [0.1, 0.15) is 41.0 Å². The molecular weight excluding hydrogens is 184 g/mol. The van der Waals surface area contributed by atoms with Crippen LogP contribution in [0.25, 0.3) is 0 Å². The molecule has 1 heterocycles. The van der Waals surface area contributed by atoms with Gasteiger partial charge in [-0.1, -0.05) is 27.7 Å². The van der Waals surface area contributed by atoms with E-state index in [1.807, 2.05) is 0 Å². The van der Waals surface area contributed by atoms with Crippen LogP contribution in [0.2, 0.25) is 0 Å². The molecule has 1 saturated carbocycles. The Balaban J connectivity index is 1.81. The summed E-state index contributed by atoms with van der Waals surface area (Å²) in [4.78, 5) is 0. The fourth-order valence-corrected chi connectivity index (χ4v) is 3.17. The minimum atomic E-state index is 0.474. The fourth-order valence-electron chi connectivity index (χ4n) is 3.17. The number of rotatable bonds is 3. The smallest absolute Gasteiger partial charge is 0.0181 e. The molecule has 0 amide bonds. The van der Waals surface area contributed by atoms with Crippen LogP contribution in [-0.2, 0) is 0 Å². The van der Waals surface area contributed by atoms with E-state index in [1.54, 1.807) is 0 Å². The summed E-state index contributed by atoms with van der Waals surface area (Å²) in [7, 11) is 0. The molecule has 0 aromatic carbocycles. The molecule has 15 heavy (non-hydrogen) atoms. The zero-order valence-corrected chi connectivity index (χ0v) is 10.9. The highest BCUT2D eigenvalue weighted by atomic mass is 15.1. The van der Waals surface area contributed by atoms with Crippen LogP contribution in [0.5, 0.6) is 0 Å². The molecule has 1 aliphatic heterocycles. The van der Waals surface area contributed by atoms with Gasteiger partial charge in [0.05, 0.1) is 0 Å². The molecule has 1 saturated heterocycles. The Morgan fingerprint density at radius 3 is 2.20 bits per heavy atom. The molecule has 2 heteroatoms. The summed E-state index contributed by atoms with van der Waals surface area (Å²) < 4.78 is 0. The standard InChI is InChI=1S/C13H26N2/c1-9-10(6-7-14-9)8-15-11-12(2,3)13(11,4)5/h9-11,14-15H,6-8H2,1-5H3. The Morgan fingerprint density at radius 2 is 1.80 bits per heavy atom. The van der Waals surface area contributed by atoms with Crippen molar-refractivity contribution < 1.29 is 0 Å². The van der Waals surface area contributed by atoms with E-state index >= 15 is 0 Å². The second-order valence-electron chi connectivity index (χ2n) is 6.58. The molecule has 2 N–H and O–H groups in total. The minimum absolute atomic E-state index is 0.474. The number of hydrogen-bond donors (Lipinski definition) is 2. The maximum absolute atomic E-state index is 3.77. The number of hydrogen-bond acceptors (Lipinski definition) is 2. The van der Waals surface area contributed by atoms with Crippen LogP contribution in [0.4, 0.5) is 0 Å². The van der Waals surface area contributed by atoms with E-state index in [4.69, 9.17) is 0 Å². The van der Waals surface area contributed by atoms with E-state index in [9.17, 15) is 0 Å². The average Bonchev–Trinajstić information content (AvgIpc) is 2.49. The van der Waals surface area contributed by atoms with Gasteiger partial charge in [-0.2, -0.15) is 0 Å². The summed E-state index contributed by atoms with van der Waals surface area (Å²) in [5, 5.41) is 7.28. The largest absolute Gasteiger partial charge is 0.314 e. The average molecular weight is 210 g/mol. The van der Waals surface area contributed by atoms with Crippen molar-refractivity contribution in [1.29, 1.82) is 0 Å². The quantitative estimate of drug-likeness (QED) is 0.744. The van der Waals surface area contributed by atoms with Crippen LogP contribution in [0, 0.1) is 16.7 Å². The summed E-state index contributed by atoms with van der Waals surface area (Å²) >= 11 is 0. The molecule has 0 radical (unpaired) electrons. The highest BCUT2D eigenvalue weighted by Gasteiger charge is 2.64. The summed E-state index contributed by atoms with van der Waals surface area (Å²) in [5.41, 5.74) is 0.949. The lowest BCUT2D eigenvalue weighted by molar-refractivity contribution is 0.419. The third-order valence-electron chi connectivity index (χ3n) is 5.29. The Kier molecular flexibility index (Phi) is 2.63. The highest BCUT2D eigenvalue weighted by Crippen LogP contribution is 2.62. The van der Waals surface area contributed by atoms with Crippen molar-refractivity contribution in [2.24, 2.45) is 16.7 Å². The third-order valence-corrected chi connectivity index (χ3v) is 5.29. The Morgan fingerprint density at radius 1 is 1.20 bits per heavy atom. The molecule has 88 valence electrons. The first-order valence-electron chi connectivity index (χ1n) is 6.34. The van der Waals surface area contributed by atoms with E-state index in [0.29, 0.717) is 22.9 Å². The second-order valence-corrected chi connectivity index (χ2v) is 6.58. The van der Waals surface area contributed by atoms with E-state index in [1.165, 1.54) is 19.5 Å². The lowest BCUT2D eigenvalue weighted by atomic mass is 10.0. The topological polar surface area (TPSA) is 24.1 Å². The second kappa shape index (κ2) is 3.46. The van der Waals surface area contributed by atoms with E-state index in [2.05, 4.69) is 45.3 Å². The predicted octanol–water partition coefficient (Wildman–Crippen LogP) is 2.01. The summed E-state index contributed by atoms with van der Waals surface area (Å²) in [5.74, 6) is 0.831. The zero-order valence-electron chi connectivity index (χ0n) is 10.9. The first-order valence-corrected chi connectivity index (χ1v) is 6.34. The molecule has 0 aromatic rings. The first kappa shape index (κ1) is 11.4. The predicted molar refractivity (Wildman–Crippen MR) is 64.9 cm³/mol. The zero-order chi connectivity index (χ0) is 11.3. The molecule has 0 aromatic heterocycles. The summed E-state index contributed by atoms with van der Waals surface area (Å²) in [6.45, 7) is 14.2. The van der Waals surface area contributed by atoms with Crippen LogP contribution in [0.15, 0.2) is 0 Å². The molecular formula is C13H26N2. The van der Waals surface area contributed by atoms with Gasteiger partial charge in [0.1, 0.15) is 0 Å². The lowest BCUT2D eigenvalue weighted by Gasteiger charge is -2.16. The van der Waals surface area contributed by atoms with Gasteiger partial charge < -0.3 is 10.6 Å². The van der Waals surface area contributed by atoms with Gasteiger partial charge in [-0.15, -0.1) is 0 Å². The molecule has 2 rings (SSSR count). The van der Waals surface area contributed by atoms with Gasteiger partial charge in [0.15, 0.2) is 0 Å². The van der Waals surface area contributed by atoms with E-state index in [0.717, 1.165) is 5.92 Å². The van der Waals surface area contributed by atoms with Crippen molar-refractivity contribution in [1.82, 2.24) is 10.6 Å². The third kappa shape index (κ3) is 1.72. The highest BCUT2D eigenvalue weighted by molar-refractivity contribution is 5.17. The first-order chi connectivity index (χ1) is 6.87. The van der Waals surface area contributed by atoms with Gasteiger partial charge in [-0.3, -0.25) is 0 Å². The summed E-state index contributed by atoms with van der Waals surface area (Å²) in [6.07, 6.45) is 1.34. The van der Waals surface area contributed by atoms with Crippen LogP contribution in [0.3, 0.4) is 0 Å². The lowest BCUT2D eigenvalue weighted by Crippen LogP contribution is -2.33. The molecule has 2 unspecified atom stereocenters. The Labute approximate surface area is 94.2 Å². The molecule has 2 nitrogen and oxygen atoms in total.